The third-order valence-electron chi connectivity index (χ3n) is 4.04. The van der Waals surface area contributed by atoms with Crippen molar-refractivity contribution in [2.24, 2.45) is 5.41 Å². The molecule has 0 aliphatic carbocycles. The van der Waals surface area contributed by atoms with Gasteiger partial charge in [0.1, 0.15) is 5.25 Å². The molecule has 1 saturated heterocycles. The first kappa shape index (κ1) is 26.4. The SMILES string of the molecule is COC(=O)CC(SCCNC(=O)CCNC(=O)[C@@H]1OP(=O)(O)OCC1(C)C)C(=O)O. The number of thioether (sulfide) groups is 1. The van der Waals surface area contributed by atoms with Crippen molar-refractivity contribution in [3.63, 3.8) is 0 Å². The van der Waals surface area contributed by atoms with Gasteiger partial charge in [-0.05, 0) is 0 Å². The van der Waals surface area contributed by atoms with Gasteiger partial charge in [-0.1, -0.05) is 13.8 Å². The van der Waals surface area contributed by atoms with Gasteiger partial charge < -0.3 is 25.4 Å². The highest BCUT2D eigenvalue weighted by atomic mass is 32.2. The number of esters is 1. The summed E-state index contributed by atoms with van der Waals surface area (Å²) in [6.45, 7) is 3.30. The number of amides is 2. The number of ether oxygens (including phenoxy) is 1. The molecule has 0 spiro atoms. The Labute approximate surface area is 178 Å². The Kier molecular flexibility index (Phi) is 10.2. The number of carboxylic acid groups (broad SMARTS) is 1. The van der Waals surface area contributed by atoms with Crippen molar-refractivity contribution < 1.29 is 47.5 Å². The van der Waals surface area contributed by atoms with E-state index >= 15 is 0 Å². The molecule has 1 rings (SSSR count). The van der Waals surface area contributed by atoms with Crippen molar-refractivity contribution in [1.82, 2.24) is 10.6 Å². The molecule has 12 nitrogen and oxygen atoms in total. The summed E-state index contributed by atoms with van der Waals surface area (Å²) in [7, 11) is -3.12. The Morgan fingerprint density at radius 1 is 1.27 bits per heavy atom. The average Bonchev–Trinajstić information content (AvgIpc) is 2.65. The zero-order valence-corrected chi connectivity index (χ0v) is 18.6. The highest BCUT2D eigenvalue weighted by Crippen LogP contribution is 2.52. The third-order valence-corrected chi connectivity index (χ3v) is 6.18. The number of nitrogens with one attached hydrogen (secondary N) is 2. The summed E-state index contributed by atoms with van der Waals surface area (Å²) in [4.78, 5) is 55.8. The summed E-state index contributed by atoms with van der Waals surface area (Å²) >= 11 is 0.999. The lowest BCUT2D eigenvalue weighted by Crippen LogP contribution is -2.49. The number of carboxylic acids is 1. The van der Waals surface area contributed by atoms with Crippen molar-refractivity contribution in [3.8, 4) is 0 Å². The molecule has 2 amide bonds. The van der Waals surface area contributed by atoms with Crippen molar-refractivity contribution in [2.45, 2.75) is 38.0 Å². The first-order valence-electron chi connectivity index (χ1n) is 8.99. The molecule has 1 fully saturated rings. The van der Waals surface area contributed by atoms with Gasteiger partial charge in [0.05, 0.1) is 20.1 Å². The van der Waals surface area contributed by atoms with Crippen molar-refractivity contribution in [3.05, 3.63) is 0 Å². The van der Waals surface area contributed by atoms with Gasteiger partial charge in [-0.15, -0.1) is 11.8 Å². The van der Waals surface area contributed by atoms with Crippen molar-refractivity contribution >= 4 is 43.3 Å². The molecule has 0 aromatic carbocycles. The average molecular weight is 470 g/mol. The molecular formula is C16H27N2O10PS. The molecule has 1 aliphatic heterocycles. The van der Waals surface area contributed by atoms with E-state index in [2.05, 4.69) is 15.4 Å². The standard InChI is InChI=1S/C16H27N2O10PS/c1-16(2)9-27-29(24,25)28-13(16)14(21)18-5-4-11(19)17-6-7-30-10(15(22)23)8-12(20)26-3/h10,13H,4-9H2,1-3H3,(H,17,19)(H,18,21)(H,22,23)(H,24,25)/t10?,13-/m0/s1. The quantitative estimate of drug-likeness (QED) is 0.180. The largest absolute Gasteiger partial charge is 0.480 e. The van der Waals surface area contributed by atoms with Gasteiger partial charge in [-0.2, -0.15) is 0 Å². The Balaban J connectivity index is 2.31. The van der Waals surface area contributed by atoms with Crippen LogP contribution in [-0.4, -0.2) is 77.7 Å². The van der Waals surface area contributed by atoms with E-state index in [0.717, 1.165) is 11.8 Å². The lowest BCUT2D eigenvalue weighted by atomic mass is 9.87. The third kappa shape index (κ3) is 9.00. The van der Waals surface area contributed by atoms with Gasteiger partial charge in [0, 0.05) is 30.7 Å². The second-order valence-electron chi connectivity index (χ2n) is 7.08. The second-order valence-corrected chi connectivity index (χ2v) is 9.80. The lowest BCUT2D eigenvalue weighted by molar-refractivity contribution is -0.145. The summed E-state index contributed by atoms with van der Waals surface area (Å²) in [6, 6.07) is 0. The Morgan fingerprint density at radius 2 is 1.93 bits per heavy atom. The van der Waals surface area contributed by atoms with Crippen LogP contribution in [0.3, 0.4) is 0 Å². The topological polar surface area (TPSA) is 178 Å². The fraction of sp³-hybridized carbons (Fsp3) is 0.750. The molecule has 14 heteroatoms. The van der Waals surface area contributed by atoms with Crippen LogP contribution in [0.2, 0.25) is 0 Å². The van der Waals surface area contributed by atoms with Crippen LogP contribution in [0.5, 0.6) is 0 Å². The van der Waals surface area contributed by atoms with E-state index in [1.165, 1.54) is 7.11 Å². The first-order chi connectivity index (χ1) is 13.9. The Bertz CT molecular complexity index is 702. The first-order valence-corrected chi connectivity index (χ1v) is 11.5. The van der Waals surface area contributed by atoms with E-state index < -0.39 is 42.4 Å². The smallest absolute Gasteiger partial charge is 0.472 e. The van der Waals surface area contributed by atoms with Crippen LogP contribution in [0, 0.1) is 5.41 Å². The summed E-state index contributed by atoms with van der Waals surface area (Å²) in [5, 5.41) is 13.1. The molecule has 1 heterocycles. The normalized spacial score (nSPS) is 23.8. The molecular weight excluding hydrogens is 443 g/mol. The molecule has 1 aliphatic rings. The molecule has 0 saturated carbocycles. The van der Waals surface area contributed by atoms with Crippen LogP contribution in [0.4, 0.5) is 0 Å². The molecule has 4 N–H and O–H groups in total. The lowest BCUT2D eigenvalue weighted by Gasteiger charge is -2.38. The van der Waals surface area contributed by atoms with E-state index in [9.17, 15) is 28.6 Å². The van der Waals surface area contributed by atoms with Crippen molar-refractivity contribution in [1.29, 1.82) is 0 Å². The van der Waals surface area contributed by atoms with Crippen LogP contribution < -0.4 is 10.6 Å². The number of carbonyl (C=O) groups excluding carboxylic acids is 3. The molecule has 0 aromatic heterocycles. The molecule has 0 aromatic rings. The predicted octanol–water partition coefficient (Wildman–Crippen LogP) is -0.0996. The zero-order chi connectivity index (χ0) is 22.9. The minimum absolute atomic E-state index is 0.0234. The summed E-state index contributed by atoms with van der Waals surface area (Å²) in [5.74, 6) is -2.53. The minimum atomic E-state index is -4.29. The molecule has 30 heavy (non-hydrogen) atoms. The zero-order valence-electron chi connectivity index (χ0n) is 16.9. The Hall–Kier alpha value is -1.66. The number of methoxy groups -OCH3 is 1. The van der Waals surface area contributed by atoms with E-state index in [4.69, 9.17) is 14.2 Å². The van der Waals surface area contributed by atoms with Gasteiger partial charge in [0.2, 0.25) is 11.8 Å². The maximum absolute atomic E-state index is 12.2. The number of carbonyl (C=O) groups is 4. The molecule has 172 valence electrons. The fourth-order valence-electron chi connectivity index (χ4n) is 2.36. The maximum Gasteiger partial charge on any atom is 0.472 e. The van der Waals surface area contributed by atoms with Gasteiger partial charge in [0.15, 0.2) is 6.10 Å². The van der Waals surface area contributed by atoms with Crippen LogP contribution in [-0.2, 0) is 37.5 Å². The molecule has 0 radical (unpaired) electrons. The number of hydrogen-bond donors (Lipinski definition) is 4. The van der Waals surface area contributed by atoms with Gasteiger partial charge in [-0.3, -0.25) is 28.2 Å². The van der Waals surface area contributed by atoms with Gasteiger partial charge >= 0.3 is 19.8 Å². The second kappa shape index (κ2) is 11.7. The summed E-state index contributed by atoms with van der Waals surface area (Å²) < 4.78 is 25.5. The Morgan fingerprint density at radius 3 is 2.53 bits per heavy atom. The number of rotatable bonds is 11. The molecule has 0 bridgehead atoms. The van der Waals surface area contributed by atoms with Crippen LogP contribution in [0.15, 0.2) is 0 Å². The number of aliphatic carboxylic acids is 1. The molecule has 3 atom stereocenters. The van der Waals surface area contributed by atoms with E-state index in [1.54, 1.807) is 13.8 Å². The summed E-state index contributed by atoms with van der Waals surface area (Å²) in [6.07, 6.45) is -1.53. The van der Waals surface area contributed by atoms with E-state index in [1.807, 2.05) is 0 Å². The number of phosphoric acid groups is 1. The summed E-state index contributed by atoms with van der Waals surface area (Å²) in [5.41, 5.74) is -0.828. The fourth-order valence-corrected chi connectivity index (χ4v) is 4.46. The van der Waals surface area contributed by atoms with Crippen LogP contribution in [0.1, 0.15) is 26.7 Å². The van der Waals surface area contributed by atoms with E-state index in [-0.39, 0.29) is 44.2 Å². The van der Waals surface area contributed by atoms with Crippen LogP contribution >= 0.6 is 19.6 Å². The number of hydrogen-bond acceptors (Lipinski definition) is 9. The van der Waals surface area contributed by atoms with Gasteiger partial charge in [0.25, 0.3) is 0 Å². The highest BCUT2D eigenvalue weighted by molar-refractivity contribution is 8.00. The minimum Gasteiger partial charge on any atom is -0.480 e. The van der Waals surface area contributed by atoms with Gasteiger partial charge in [-0.25, -0.2) is 4.57 Å². The van der Waals surface area contributed by atoms with E-state index in [0.29, 0.717) is 0 Å². The highest BCUT2D eigenvalue weighted by Gasteiger charge is 2.47. The van der Waals surface area contributed by atoms with Crippen molar-refractivity contribution in [2.75, 3.05) is 32.6 Å². The monoisotopic (exact) mass is 470 g/mol. The van der Waals surface area contributed by atoms with Crippen LogP contribution in [0.25, 0.3) is 0 Å². The maximum atomic E-state index is 12.2. The number of phosphoric ester groups is 1. The molecule has 2 unspecified atom stereocenters. The predicted molar refractivity (Wildman–Crippen MR) is 106 cm³/mol.